The first kappa shape index (κ1) is 16.4. The summed E-state index contributed by atoms with van der Waals surface area (Å²) in [7, 11) is 0. The molecule has 22 heavy (non-hydrogen) atoms. The molecule has 0 radical (unpaired) electrons. The fourth-order valence-corrected chi connectivity index (χ4v) is 2.30. The first-order valence-electron chi connectivity index (χ1n) is 6.92. The third kappa shape index (κ3) is 4.53. The number of nitrogens with one attached hydrogen (secondary N) is 2. The highest BCUT2D eigenvalue weighted by molar-refractivity contribution is 9.10. The summed E-state index contributed by atoms with van der Waals surface area (Å²) in [6, 6.07) is 5.93. The van der Waals surface area contributed by atoms with Crippen LogP contribution in [0.5, 0.6) is 0 Å². The van der Waals surface area contributed by atoms with Gasteiger partial charge in [-0.15, -0.1) is 0 Å². The summed E-state index contributed by atoms with van der Waals surface area (Å²) in [6.07, 6.45) is 3.02. The molecule has 2 rings (SSSR count). The Bertz CT molecular complexity index is 678. The van der Waals surface area contributed by atoms with E-state index in [0.29, 0.717) is 11.5 Å². The monoisotopic (exact) mass is 362 g/mol. The van der Waals surface area contributed by atoms with Gasteiger partial charge in [0, 0.05) is 15.7 Å². The minimum atomic E-state index is -0.301. The SMILES string of the molecule is Cc1cc(Br)ccc1Nc1cnc(C(=O)NC(C)(C)C)cn1. The van der Waals surface area contributed by atoms with E-state index < -0.39 is 0 Å². The first-order valence-corrected chi connectivity index (χ1v) is 7.72. The molecule has 1 aromatic heterocycles. The molecular formula is C16H19BrN4O. The number of aryl methyl sites for hydroxylation is 1. The number of hydrogen-bond donors (Lipinski definition) is 2. The molecule has 0 saturated carbocycles. The van der Waals surface area contributed by atoms with E-state index in [2.05, 4.69) is 36.5 Å². The van der Waals surface area contributed by atoms with Crippen LogP contribution in [0.25, 0.3) is 0 Å². The van der Waals surface area contributed by atoms with E-state index in [1.807, 2.05) is 45.9 Å². The second-order valence-electron chi connectivity index (χ2n) is 6.08. The van der Waals surface area contributed by atoms with Gasteiger partial charge in [0.15, 0.2) is 0 Å². The summed E-state index contributed by atoms with van der Waals surface area (Å²) in [4.78, 5) is 20.4. The Morgan fingerprint density at radius 3 is 2.45 bits per heavy atom. The lowest BCUT2D eigenvalue weighted by Crippen LogP contribution is -2.40. The van der Waals surface area contributed by atoms with Gasteiger partial charge >= 0.3 is 0 Å². The van der Waals surface area contributed by atoms with Crippen molar-refractivity contribution in [1.82, 2.24) is 15.3 Å². The summed E-state index contributed by atoms with van der Waals surface area (Å²) in [5.41, 5.74) is 2.03. The van der Waals surface area contributed by atoms with Gasteiger partial charge in [-0.3, -0.25) is 4.79 Å². The lowest BCUT2D eigenvalue weighted by Gasteiger charge is -2.20. The lowest BCUT2D eigenvalue weighted by molar-refractivity contribution is 0.0914. The molecule has 116 valence electrons. The zero-order valence-corrected chi connectivity index (χ0v) is 14.7. The normalized spacial score (nSPS) is 11.1. The topological polar surface area (TPSA) is 66.9 Å². The van der Waals surface area contributed by atoms with Gasteiger partial charge in [-0.2, -0.15) is 0 Å². The van der Waals surface area contributed by atoms with Crippen LogP contribution in [0.4, 0.5) is 11.5 Å². The molecule has 6 heteroatoms. The number of benzene rings is 1. The molecule has 1 aromatic carbocycles. The lowest BCUT2D eigenvalue weighted by atomic mass is 10.1. The Kier molecular flexibility index (Phi) is 4.81. The van der Waals surface area contributed by atoms with Crippen molar-refractivity contribution in [3.63, 3.8) is 0 Å². The quantitative estimate of drug-likeness (QED) is 0.870. The Morgan fingerprint density at radius 2 is 1.91 bits per heavy atom. The predicted octanol–water partition coefficient (Wildman–Crippen LogP) is 3.82. The average Bonchev–Trinajstić information content (AvgIpc) is 2.41. The minimum Gasteiger partial charge on any atom is -0.346 e. The number of rotatable bonds is 3. The zero-order chi connectivity index (χ0) is 16.3. The zero-order valence-electron chi connectivity index (χ0n) is 13.1. The number of aromatic nitrogens is 2. The standard InChI is InChI=1S/C16H19BrN4O/c1-10-7-11(17)5-6-12(10)20-14-9-18-13(8-19-14)15(22)21-16(2,3)4/h5-9H,1-4H3,(H,19,20)(H,21,22). The average molecular weight is 363 g/mol. The maximum Gasteiger partial charge on any atom is 0.271 e. The molecule has 0 aliphatic carbocycles. The van der Waals surface area contributed by atoms with Crippen molar-refractivity contribution in [3.8, 4) is 0 Å². The number of anilines is 2. The first-order chi connectivity index (χ1) is 10.2. The van der Waals surface area contributed by atoms with E-state index in [9.17, 15) is 4.79 Å². The third-order valence-electron chi connectivity index (χ3n) is 2.82. The van der Waals surface area contributed by atoms with Crippen molar-refractivity contribution in [2.75, 3.05) is 5.32 Å². The van der Waals surface area contributed by atoms with Gasteiger partial charge in [0.2, 0.25) is 0 Å². The van der Waals surface area contributed by atoms with E-state index in [4.69, 9.17) is 0 Å². The van der Waals surface area contributed by atoms with E-state index in [0.717, 1.165) is 15.7 Å². The second kappa shape index (κ2) is 6.44. The molecule has 1 heterocycles. The second-order valence-corrected chi connectivity index (χ2v) is 6.99. The molecule has 0 saturated heterocycles. The van der Waals surface area contributed by atoms with Gasteiger partial charge in [0.25, 0.3) is 5.91 Å². The summed E-state index contributed by atoms with van der Waals surface area (Å²) >= 11 is 3.43. The number of amides is 1. The van der Waals surface area contributed by atoms with Gasteiger partial charge in [-0.05, 0) is 51.5 Å². The number of nitrogens with zero attached hydrogens (tertiary/aromatic N) is 2. The molecule has 0 aliphatic heterocycles. The highest BCUT2D eigenvalue weighted by Crippen LogP contribution is 2.22. The van der Waals surface area contributed by atoms with Crippen LogP contribution in [0.3, 0.4) is 0 Å². The maximum absolute atomic E-state index is 12.0. The van der Waals surface area contributed by atoms with E-state index in [-0.39, 0.29) is 11.4 Å². The van der Waals surface area contributed by atoms with Crippen molar-refractivity contribution in [2.24, 2.45) is 0 Å². The number of hydrogen-bond acceptors (Lipinski definition) is 4. The summed E-state index contributed by atoms with van der Waals surface area (Å²) < 4.78 is 1.02. The molecule has 2 N–H and O–H groups in total. The van der Waals surface area contributed by atoms with Crippen LogP contribution in [-0.2, 0) is 0 Å². The Balaban J connectivity index is 2.10. The Labute approximate surface area is 138 Å². The highest BCUT2D eigenvalue weighted by atomic mass is 79.9. The van der Waals surface area contributed by atoms with Crippen molar-refractivity contribution < 1.29 is 4.79 Å². The van der Waals surface area contributed by atoms with Gasteiger partial charge in [0.05, 0.1) is 12.4 Å². The Hall–Kier alpha value is -1.95. The van der Waals surface area contributed by atoms with Crippen LogP contribution in [0.2, 0.25) is 0 Å². The predicted molar refractivity (Wildman–Crippen MR) is 91.4 cm³/mol. The third-order valence-corrected chi connectivity index (χ3v) is 3.32. The molecule has 0 spiro atoms. The van der Waals surface area contributed by atoms with Crippen molar-refractivity contribution in [2.45, 2.75) is 33.2 Å². The molecule has 0 aliphatic rings. The fraction of sp³-hybridized carbons (Fsp3) is 0.312. The van der Waals surface area contributed by atoms with E-state index in [1.165, 1.54) is 6.20 Å². The van der Waals surface area contributed by atoms with Crippen molar-refractivity contribution >= 4 is 33.3 Å². The van der Waals surface area contributed by atoms with E-state index >= 15 is 0 Å². The van der Waals surface area contributed by atoms with Crippen molar-refractivity contribution in [1.29, 1.82) is 0 Å². The highest BCUT2D eigenvalue weighted by Gasteiger charge is 2.16. The number of carbonyl (C=O) groups excluding carboxylic acids is 1. The van der Waals surface area contributed by atoms with Gasteiger partial charge in [0.1, 0.15) is 11.5 Å². The molecule has 0 atom stereocenters. The largest absolute Gasteiger partial charge is 0.346 e. The van der Waals surface area contributed by atoms with Crippen LogP contribution in [-0.4, -0.2) is 21.4 Å². The van der Waals surface area contributed by atoms with Gasteiger partial charge < -0.3 is 10.6 Å². The molecule has 2 aromatic rings. The van der Waals surface area contributed by atoms with Crippen molar-refractivity contribution in [3.05, 3.63) is 46.3 Å². The minimum absolute atomic E-state index is 0.230. The van der Waals surface area contributed by atoms with Gasteiger partial charge in [-0.1, -0.05) is 15.9 Å². The van der Waals surface area contributed by atoms with E-state index in [1.54, 1.807) is 6.20 Å². The van der Waals surface area contributed by atoms with Crippen LogP contribution < -0.4 is 10.6 Å². The van der Waals surface area contributed by atoms with Gasteiger partial charge in [-0.25, -0.2) is 9.97 Å². The Morgan fingerprint density at radius 1 is 1.18 bits per heavy atom. The van der Waals surface area contributed by atoms with Crippen LogP contribution in [0.1, 0.15) is 36.8 Å². The number of carbonyl (C=O) groups is 1. The fourth-order valence-electron chi connectivity index (χ4n) is 1.82. The summed E-state index contributed by atoms with van der Waals surface area (Å²) in [6.45, 7) is 7.77. The molecule has 0 bridgehead atoms. The molecular weight excluding hydrogens is 344 g/mol. The maximum atomic E-state index is 12.0. The molecule has 1 amide bonds. The summed E-state index contributed by atoms with van der Waals surface area (Å²) in [5, 5.41) is 6.04. The number of halogens is 1. The molecule has 0 fully saturated rings. The summed E-state index contributed by atoms with van der Waals surface area (Å²) in [5.74, 6) is 0.365. The van der Waals surface area contributed by atoms with Crippen LogP contribution in [0.15, 0.2) is 35.1 Å². The molecule has 5 nitrogen and oxygen atoms in total. The smallest absolute Gasteiger partial charge is 0.271 e. The molecule has 0 unspecified atom stereocenters. The van der Waals surface area contributed by atoms with Crippen LogP contribution >= 0.6 is 15.9 Å². The van der Waals surface area contributed by atoms with Crippen LogP contribution in [0, 0.1) is 6.92 Å².